The van der Waals surface area contributed by atoms with Gasteiger partial charge in [-0.1, -0.05) is 0 Å². The topological polar surface area (TPSA) is 79.3 Å². The van der Waals surface area contributed by atoms with Gasteiger partial charge in [0.25, 0.3) is 0 Å². The number of ether oxygens (including phenoxy) is 2. The van der Waals surface area contributed by atoms with Crippen LogP contribution in [0.3, 0.4) is 0 Å². The third kappa shape index (κ3) is 4.88. The summed E-state index contributed by atoms with van der Waals surface area (Å²) < 4.78 is 27.3. The molecular formula is C31H39FN2O5. The fraction of sp³-hybridized carbons (Fsp3) is 0.548. The number of hydrogen-bond donors (Lipinski definition) is 1. The van der Waals surface area contributed by atoms with Gasteiger partial charge in [-0.3, -0.25) is 0 Å². The fourth-order valence-corrected chi connectivity index (χ4v) is 6.44. The first kappa shape index (κ1) is 27.4. The Morgan fingerprint density at radius 1 is 0.974 bits per heavy atom. The largest absolute Gasteiger partial charge is 0.490 e. The van der Waals surface area contributed by atoms with Gasteiger partial charge in [0.05, 0.1) is 12.2 Å². The first-order valence-corrected chi connectivity index (χ1v) is 13.9. The highest BCUT2D eigenvalue weighted by Gasteiger charge is 2.38. The lowest BCUT2D eigenvalue weighted by atomic mass is 9.81. The van der Waals surface area contributed by atoms with Crippen LogP contribution in [0, 0.1) is 26.6 Å². The Bertz CT molecular complexity index is 1340. The lowest BCUT2D eigenvalue weighted by Crippen LogP contribution is -2.38. The van der Waals surface area contributed by atoms with Crippen molar-refractivity contribution in [1.29, 1.82) is 0 Å². The Kier molecular flexibility index (Phi) is 7.12. The summed E-state index contributed by atoms with van der Waals surface area (Å²) in [5, 5.41) is 10.4. The van der Waals surface area contributed by atoms with E-state index in [0.29, 0.717) is 48.6 Å². The molecule has 0 radical (unpaired) electrons. The number of hydrogen-bond acceptors (Lipinski definition) is 4. The average molecular weight is 539 g/mol. The van der Waals surface area contributed by atoms with Crippen LogP contribution in [0.5, 0.6) is 5.75 Å². The highest BCUT2D eigenvalue weighted by atomic mass is 19.1. The van der Waals surface area contributed by atoms with Gasteiger partial charge in [-0.15, -0.1) is 0 Å². The molecule has 1 fully saturated rings. The van der Waals surface area contributed by atoms with Crippen molar-refractivity contribution in [3.63, 3.8) is 0 Å². The number of aliphatic carboxylic acids is 1. The highest BCUT2D eigenvalue weighted by Crippen LogP contribution is 2.47. The maximum atomic E-state index is 15.5. The normalized spacial score (nSPS) is 17.6. The summed E-state index contributed by atoms with van der Waals surface area (Å²) in [6.45, 7) is 14.2. The van der Waals surface area contributed by atoms with E-state index in [2.05, 4.69) is 0 Å². The van der Waals surface area contributed by atoms with Crippen LogP contribution in [0.2, 0.25) is 0 Å². The number of benzene rings is 2. The minimum Gasteiger partial charge on any atom is -0.490 e. The van der Waals surface area contributed by atoms with Gasteiger partial charge < -0.3 is 24.4 Å². The van der Waals surface area contributed by atoms with Gasteiger partial charge >= 0.3 is 12.0 Å². The number of nitrogens with zero attached hydrogens (tertiary/aromatic N) is 2. The minimum absolute atomic E-state index is 0.0134. The molecule has 0 saturated carbocycles. The van der Waals surface area contributed by atoms with Crippen molar-refractivity contribution in [2.75, 3.05) is 19.7 Å². The second kappa shape index (κ2) is 10.1. The zero-order chi connectivity index (χ0) is 28.2. The number of carboxylic acid groups (broad SMARTS) is 1. The Morgan fingerprint density at radius 2 is 1.62 bits per heavy atom. The van der Waals surface area contributed by atoms with Crippen LogP contribution < -0.4 is 4.74 Å². The average Bonchev–Trinajstić information content (AvgIpc) is 3.57. The number of amides is 2. The number of carboxylic acids is 1. The quantitative estimate of drug-likeness (QED) is 0.500. The predicted molar refractivity (Wildman–Crippen MR) is 147 cm³/mol. The summed E-state index contributed by atoms with van der Waals surface area (Å²) in [6.07, 6.45) is 2.25. The lowest BCUT2D eigenvalue weighted by Gasteiger charge is -2.31. The molecule has 8 heteroatoms. The van der Waals surface area contributed by atoms with Gasteiger partial charge in [0.15, 0.2) is 17.7 Å². The number of carbonyl (C=O) groups is 2. The van der Waals surface area contributed by atoms with Crippen molar-refractivity contribution >= 4 is 12.0 Å². The molecule has 1 atom stereocenters. The number of rotatable bonds is 4. The predicted octanol–water partition coefficient (Wildman–Crippen LogP) is 6.22. The summed E-state index contributed by atoms with van der Waals surface area (Å²) in [5.41, 5.74) is 6.47. The molecule has 210 valence electrons. The molecule has 7 nitrogen and oxygen atoms in total. The summed E-state index contributed by atoms with van der Waals surface area (Å²) >= 11 is 0. The highest BCUT2D eigenvalue weighted by molar-refractivity contribution is 5.86. The van der Waals surface area contributed by atoms with Crippen LogP contribution in [0.25, 0.3) is 11.1 Å². The van der Waals surface area contributed by atoms with E-state index in [-0.39, 0.29) is 6.03 Å². The molecule has 2 aromatic carbocycles. The standard InChI is InChI=1S/C31H39FN2O5/c1-17-20-10-9-13-38-27(20)24(32)14-21(17)25-18(2)22-15-34(30(37)33-11-7-8-12-33)16-23(22)19(3)26(25)28(29(35)36)39-31(4,5)6/h14,28H,7-13,15-16H2,1-6H3,(H,35,36)/t28-/m0/s1. The van der Waals surface area contributed by atoms with Gasteiger partial charge in [0.2, 0.25) is 0 Å². The van der Waals surface area contributed by atoms with Crippen LogP contribution in [-0.2, 0) is 29.0 Å². The van der Waals surface area contributed by atoms with Crippen LogP contribution in [0.4, 0.5) is 9.18 Å². The summed E-state index contributed by atoms with van der Waals surface area (Å²) in [7, 11) is 0. The number of urea groups is 1. The van der Waals surface area contributed by atoms with E-state index in [1.165, 1.54) is 6.07 Å². The van der Waals surface area contributed by atoms with E-state index in [9.17, 15) is 14.7 Å². The van der Waals surface area contributed by atoms with Gasteiger partial charge in [-0.05, 0) is 112 Å². The number of likely N-dealkylation sites (tertiary alicyclic amines) is 1. The second-order valence-corrected chi connectivity index (χ2v) is 12.1. The Hall–Kier alpha value is -3.13. The molecule has 0 spiro atoms. The molecule has 0 bridgehead atoms. The third-order valence-corrected chi connectivity index (χ3v) is 8.33. The molecule has 0 aromatic heterocycles. The van der Waals surface area contributed by atoms with Crippen molar-refractivity contribution in [2.24, 2.45) is 0 Å². The van der Waals surface area contributed by atoms with Crippen LogP contribution in [0.15, 0.2) is 6.07 Å². The van der Waals surface area contributed by atoms with Crippen molar-refractivity contribution in [2.45, 2.75) is 92.0 Å². The second-order valence-electron chi connectivity index (χ2n) is 12.1. The van der Waals surface area contributed by atoms with Crippen LogP contribution >= 0.6 is 0 Å². The monoisotopic (exact) mass is 538 g/mol. The molecule has 1 saturated heterocycles. The zero-order valence-electron chi connectivity index (χ0n) is 23.9. The third-order valence-electron chi connectivity index (χ3n) is 8.33. The Balaban J connectivity index is 1.73. The first-order valence-electron chi connectivity index (χ1n) is 13.9. The van der Waals surface area contributed by atoms with E-state index in [0.717, 1.165) is 65.7 Å². The van der Waals surface area contributed by atoms with Crippen molar-refractivity contribution in [3.8, 4) is 16.9 Å². The molecule has 3 aliphatic rings. The van der Waals surface area contributed by atoms with Crippen molar-refractivity contribution in [3.05, 3.63) is 50.8 Å². The lowest BCUT2D eigenvalue weighted by molar-refractivity contribution is -0.160. The van der Waals surface area contributed by atoms with Gasteiger partial charge in [0.1, 0.15) is 0 Å². The molecule has 3 heterocycles. The van der Waals surface area contributed by atoms with Crippen molar-refractivity contribution < 1.29 is 28.6 Å². The van der Waals surface area contributed by atoms with E-state index >= 15 is 4.39 Å². The molecule has 0 unspecified atom stereocenters. The van der Waals surface area contributed by atoms with Crippen LogP contribution in [-0.4, -0.2) is 52.2 Å². The zero-order valence-corrected chi connectivity index (χ0v) is 23.9. The summed E-state index contributed by atoms with van der Waals surface area (Å²) in [4.78, 5) is 29.8. The first-order chi connectivity index (χ1) is 18.4. The molecule has 1 N–H and O–H groups in total. The number of fused-ring (bicyclic) bond motifs is 2. The molecule has 3 aliphatic heterocycles. The molecule has 5 rings (SSSR count). The van der Waals surface area contributed by atoms with E-state index < -0.39 is 23.5 Å². The molecule has 2 aromatic rings. The maximum absolute atomic E-state index is 15.5. The van der Waals surface area contributed by atoms with E-state index in [4.69, 9.17) is 9.47 Å². The van der Waals surface area contributed by atoms with Crippen molar-refractivity contribution in [1.82, 2.24) is 9.80 Å². The molecular weight excluding hydrogens is 499 g/mol. The number of carbonyl (C=O) groups excluding carboxylic acids is 1. The Labute approximate surface area is 229 Å². The summed E-state index contributed by atoms with van der Waals surface area (Å²) in [5.74, 6) is -1.25. The summed E-state index contributed by atoms with van der Waals surface area (Å²) in [6, 6.07) is 1.49. The van der Waals surface area contributed by atoms with E-state index in [1.54, 1.807) is 0 Å². The van der Waals surface area contributed by atoms with Crippen LogP contribution in [0.1, 0.15) is 85.1 Å². The maximum Gasteiger partial charge on any atom is 0.337 e. The van der Waals surface area contributed by atoms with Gasteiger partial charge in [0, 0.05) is 37.3 Å². The van der Waals surface area contributed by atoms with Gasteiger partial charge in [-0.25, -0.2) is 14.0 Å². The molecule has 0 aliphatic carbocycles. The number of halogens is 1. The molecule has 2 amide bonds. The fourth-order valence-electron chi connectivity index (χ4n) is 6.44. The Morgan fingerprint density at radius 3 is 2.23 bits per heavy atom. The van der Waals surface area contributed by atoms with E-state index in [1.807, 2.05) is 51.3 Å². The SMILES string of the molecule is Cc1c(-c2c(C)c3c(c(C)c2[C@H](OC(C)(C)C)C(=O)O)CN(C(=O)N2CCCC2)C3)cc(F)c2c1CCCO2. The minimum atomic E-state index is -1.26. The smallest absolute Gasteiger partial charge is 0.337 e. The molecule has 39 heavy (non-hydrogen) atoms. The van der Waals surface area contributed by atoms with Gasteiger partial charge in [-0.2, -0.15) is 0 Å².